The van der Waals surface area contributed by atoms with Crippen molar-refractivity contribution in [3.63, 3.8) is 0 Å². The Labute approximate surface area is 87.7 Å². The number of ketones is 1. The molecule has 0 fully saturated rings. The number of hydrogen-bond acceptors (Lipinski definition) is 3. The van der Waals surface area contributed by atoms with E-state index in [4.69, 9.17) is 0 Å². The fraction of sp³-hybridized carbons (Fsp3) is 0.111. The van der Waals surface area contributed by atoms with Gasteiger partial charge in [0.15, 0.2) is 5.78 Å². The summed E-state index contributed by atoms with van der Waals surface area (Å²) in [5.74, 6) is 0.0486. The van der Waals surface area contributed by atoms with Crippen LogP contribution in [0.2, 0.25) is 0 Å². The first-order chi connectivity index (χ1) is 6.18. The number of fused-ring (bicyclic) bond motifs is 1. The zero-order valence-electron chi connectivity index (χ0n) is 6.87. The van der Waals surface area contributed by atoms with Gasteiger partial charge in [-0.3, -0.25) is 4.79 Å². The van der Waals surface area contributed by atoms with E-state index in [2.05, 4.69) is 20.9 Å². The lowest BCUT2D eigenvalue weighted by molar-refractivity contribution is 0.101. The molecule has 66 valence electrons. The van der Waals surface area contributed by atoms with Crippen molar-refractivity contribution in [2.45, 2.75) is 6.92 Å². The predicted octanol–water partition coefficient (Wildman–Crippen LogP) is 3.26. The summed E-state index contributed by atoms with van der Waals surface area (Å²) >= 11 is 4.97. The molecule has 0 aliphatic heterocycles. The summed E-state index contributed by atoms with van der Waals surface area (Å²) < 4.78 is 1.00. The van der Waals surface area contributed by atoms with E-state index in [1.165, 1.54) is 0 Å². The average molecular weight is 256 g/mol. The third-order valence-electron chi connectivity index (χ3n) is 1.79. The van der Waals surface area contributed by atoms with Crippen molar-refractivity contribution >= 4 is 43.3 Å². The van der Waals surface area contributed by atoms with E-state index in [0.717, 1.165) is 14.7 Å². The van der Waals surface area contributed by atoms with Crippen LogP contribution in [-0.2, 0) is 0 Å². The first-order valence-electron chi connectivity index (χ1n) is 3.72. The molecule has 0 spiro atoms. The molecule has 2 aromatic rings. The minimum absolute atomic E-state index is 0.0486. The molecule has 0 bridgehead atoms. The van der Waals surface area contributed by atoms with Gasteiger partial charge < -0.3 is 0 Å². The zero-order chi connectivity index (χ0) is 9.42. The molecule has 2 heterocycles. The Balaban J connectivity index is 2.72. The molecule has 2 nitrogen and oxygen atoms in total. The Morgan fingerprint density at radius 1 is 1.62 bits per heavy atom. The summed E-state index contributed by atoms with van der Waals surface area (Å²) in [6.07, 6.45) is 1.62. The molecule has 2 aromatic heterocycles. The third-order valence-corrected chi connectivity index (χ3v) is 3.65. The Bertz CT molecular complexity index is 477. The molecule has 0 saturated heterocycles. The third kappa shape index (κ3) is 1.51. The fourth-order valence-corrected chi connectivity index (χ4v) is 2.55. The highest BCUT2D eigenvalue weighted by molar-refractivity contribution is 9.10. The summed E-state index contributed by atoms with van der Waals surface area (Å²) in [5, 5.41) is 2.99. The van der Waals surface area contributed by atoms with Crippen molar-refractivity contribution in [2.75, 3.05) is 0 Å². The lowest BCUT2D eigenvalue weighted by Crippen LogP contribution is -1.91. The second-order valence-corrected chi connectivity index (χ2v) is 4.43. The largest absolute Gasteiger partial charge is 0.294 e. The maximum absolute atomic E-state index is 11.1. The van der Waals surface area contributed by atoms with Gasteiger partial charge in [0, 0.05) is 27.0 Å². The van der Waals surface area contributed by atoms with Crippen molar-refractivity contribution in [1.82, 2.24) is 4.98 Å². The summed E-state index contributed by atoms with van der Waals surface area (Å²) in [4.78, 5) is 16.2. The van der Waals surface area contributed by atoms with Gasteiger partial charge in [-0.1, -0.05) is 0 Å². The number of halogens is 1. The fourth-order valence-electron chi connectivity index (χ4n) is 1.08. The molecule has 0 radical (unpaired) electrons. The monoisotopic (exact) mass is 255 g/mol. The lowest BCUT2D eigenvalue weighted by atomic mass is 10.2. The SMILES string of the molecule is CC(=O)c1cnc2scc(Br)c2c1. The van der Waals surface area contributed by atoms with Crippen molar-refractivity contribution in [1.29, 1.82) is 0 Å². The molecule has 0 aromatic carbocycles. The van der Waals surface area contributed by atoms with Crippen LogP contribution in [0.15, 0.2) is 22.1 Å². The highest BCUT2D eigenvalue weighted by Gasteiger charge is 2.05. The highest BCUT2D eigenvalue weighted by Crippen LogP contribution is 2.29. The molecule has 0 saturated carbocycles. The summed E-state index contributed by atoms with van der Waals surface area (Å²) in [6.45, 7) is 1.54. The maximum atomic E-state index is 11.1. The highest BCUT2D eigenvalue weighted by atomic mass is 79.9. The van der Waals surface area contributed by atoms with Gasteiger partial charge in [0.05, 0.1) is 0 Å². The predicted molar refractivity (Wildman–Crippen MR) is 57.3 cm³/mol. The van der Waals surface area contributed by atoms with Crippen LogP contribution in [0.25, 0.3) is 10.2 Å². The standard InChI is InChI=1S/C9H6BrNOS/c1-5(12)6-2-7-8(10)4-13-9(7)11-3-6/h2-4H,1H3. The van der Waals surface area contributed by atoms with Gasteiger partial charge in [0.1, 0.15) is 4.83 Å². The Morgan fingerprint density at radius 2 is 2.38 bits per heavy atom. The first-order valence-corrected chi connectivity index (χ1v) is 5.39. The number of nitrogens with zero attached hydrogens (tertiary/aromatic N) is 1. The van der Waals surface area contributed by atoms with E-state index in [0.29, 0.717) is 5.56 Å². The average Bonchev–Trinajstić information content (AvgIpc) is 2.47. The molecule has 0 unspecified atom stereocenters. The van der Waals surface area contributed by atoms with Gasteiger partial charge in [0.25, 0.3) is 0 Å². The first kappa shape index (κ1) is 8.84. The summed E-state index contributed by atoms with van der Waals surface area (Å²) in [6, 6.07) is 1.87. The normalized spacial score (nSPS) is 10.6. The second kappa shape index (κ2) is 3.20. The van der Waals surface area contributed by atoms with Gasteiger partial charge in [-0.05, 0) is 28.9 Å². The minimum atomic E-state index is 0.0486. The molecule has 2 rings (SSSR count). The maximum Gasteiger partial charge on any atom is 0.161 e. The molecule has 0 aliphatic rings. The topological polar surface area (TPSA) is 30.0 Å². The number of pyridine rings is 1. The number of hydrogen-bond donors (Lipinski definition) is 0. The van der Waals surface area contributed by atoms with Crippen molar-refractivity contribution in [3.05, 3.63) is 27.7 Å². The van der Waals surface area contributed by atoms with E-state index < -0.39 is 0 Å². The number of rotatable bonds is 1. The summed E-state index contributed by atoms with van der Waals surface area (Å²) in [7, 11) is 0. The molecule has 13 heavy (non-hydrogen) atoms. The van der Waals surface area contributed by atoms with E-state index in [1.54, 1.807) is 24.5 Å². The lowest BCUT2D eigenvalue weighted by Gasteiger charge is -1.94. The molecular weight excluding hydrogens is 250 g/mol. The van der Waals surface area contributed by atoms with Gasteiger partial charge in [0.2, 0.25) is 0 Å². The van der Waals surface area contributed by atoms with E-state index in [-0.39, 0.29) is 5.78 Å². The van der Waals surface area contributed by atoms with Crippen LogP contribution in [0.1, 0.15) is 17.3 Å². The number of Topliss-reactive ketones (excluding diaryl/α,β-unsaturated/α-hetero) is 1. The van der Waals surface area contributed by atoms with Gasteiger partial charge >= 0.3 is 0 Å². The zero-order valence-corrected chi connectivity index (χ0v) is 9.28. The number of carbonyl (C=O) groups is 1. The molecule has 4 heteroatoms. The molecule has 0 atom stereocenters. The van der Waals surface area contributed by atoms with Crippen molar-refractivity contribution < 1.29 is 4.79 Å². The van der Waals surface area contributed by atoms with Gasteiger partial charge in [-0.15, -0.1) is 11.3 Å². The number of carbonyl (C=O) groups excluding carboxylic acids is 1. The van der Waals surface area contributed by atoms with Crippen LogP contribution >= 0.6 is 27.3 Å². The van der Waals surface area contributed by atoms with E-state index in [1.807, 2.05) is 11.4 Å². The Hall–Kier alpha value is -0.740. The number of aromatic nitrogens is 1. The van der Waals surface area contributed by atoms with Crippen LogP contribution in [0.4, 0.5) is 0 Å². The van der Waals surface area contributed by atoms with Gasteiger partial charge in [-0.2, -0.15) is 0 Å². The smallest absolute Gasteiger partial charge is 0.161 e. The molecule has 0 aliphatic carbocycles. The van der Waals surface area contributed by atoms with Crippen LogP contribution < -0.4 is 0 Å². The summed E-state index contributed by atoms with van der Waals surface area (Å²) in [5.41, 5.74) is 0.659. The number of thiophene rings is 1. The molecule has 0 amide bonds. The Morgan fingerprint density at radius 3 is 3.08 bits per heavy atom. The van der Waals surface area contributed by atoms with Crippen LogP contribution in [0, 0.1) is 0 Å². The van der Waals surface area contributed by atoms with Crippen molar-refractivity contribution in [3.8, 4) is 0 Å². The Kier molecular flexibility index (Phi) is 2.17. The second-order valence-electron chi connectivity index (χ2n) is 2.72. The molecule has 0 N–H and O–H groups in total. The molecular formula is C9H6BrNOS. The van der Waals surface area contributed by atoms with Crippen molar-refractivity contribution in [2.24, 2.45) is 0 Å². The van der Waals surface area contributed by atoms with E-state index in [9.17, 15) is 4.79 Å². The minimum Gasteiger partial charge on any atom is -0.294 e. The quantitative estimate of drug-likeness (QED) is 0.733. The van der Waals surface area contributed by atoms with Gasteiger partial charge in [-0.25, -0.2) is 4.98 Å². The van der Waals surface area contributed by atoms with E-state index >= 15 is 0 Å². The van der Waals surface area contributed by atoms with Crippen LogP contribution in [-0.4, -0.2) is 10.8 Å². The van der Waals surface area contributed by atoms with Crippen LogP contribution in [0.3, 0.4) is 0 Å². The van der Waals surface area contributed by atoms with Crippen LogP contribution in [0.5, 0.6) is 0 Å².